The normalized spacial score (nSPS) is 17.8. The summed E-state index contributed by atoms with van der Waals surface area (Å²) < 4.78 is 29.2. The Labute approximate surface area is 140 Å². The van der Waals surface area contributed by atoms with Crippen LogP contribution >= 0.6 is 0 Å². The van der Waals surface area contributed by atoms with Crippen LogP contribution in [0.4, 0.5) is 8.78 Å². The summed E-state index contributed by atoms with van der Waals surface area (Å²) in [5, 5.41) is 4.27. The molecule has 0 aliphatic carbocycles. The minimum absolute atomic E-state index is 0.146. The van der Waals surface area contributed by atoms with Crippen LogP contribution in [0.5, 0.6) is 0 Å². The second kappa shape index (κ2) is 6.55. The molecule has 1 unspecified atom stereocenters. The van der Waals surface area contributed by atoms with Crippen LogP contribution in [0, 0.1) is 25.6 Å². The fourth-order valence-electron chi connectivity index (χ4n) is 2.97. The predicted molar refractivity (Wildman–Crippen MR) is 89.0 cm³/mol. The minimum atomic E-state index is -0.665. The molecular formula is C18H20F2N4. The van der Waals surface area contributed by atoms with Crippen LogP contribution in [0.25, 0.3) is 6.20 Å². The van der Waals surface area contributed by atoms with E-state index in [1.54, 1.807) is 10.9 Å². The number of hydrogen-bond acceptors (Lipinski definition) is 3. The Kier molecular flexibility index (Phi) is 4.46. The Morgan fingerprint density at radius 2 is 2.12 bits per heavy atom. The summed E-state index contributed by atoms with van der Waals surface area (Å²) in [5.41, 5.74) is 3.04. The van der Waals surface area contributed by atoms with E-state index in [0.717, 1.165) is 48.5 Å². The summed E-state index contributed by atoms with van der Waals surface area (Å²) in [4.78, 5) is 5.72. The van der Waals surface area contributed by atoms with Gasteiger partial charge in [-0.1, -0.05) is 6.58 Å². The van der Waals surface area contributed by atoms with E-state index in [-0.39, 0.29) is 11.7 Å². The van der Waals surface area contributed by atoms with Crippen LogP contribution < -0.4 is 0 Å². The van der Waals surface area contributed by atoms with Crippen LogP contribution in [0.3, 0.4) is 0 Å². The van der Waals surface area contributed by atoms with Gasteiger partial charge in [0.1, 0.15) is 11.5 Å². The zero-order valence-electron chi connectivity index (χ0n) is 13.8. The molecule has 6 heteroatoms. The Balaban J connectivity index is 1.81. The molecule has 4 nitrogen and oxygen atoms in total. The van der Waals surface area contributed by atoms with Crippen molar-refractivity contribution in [2.45, 2.75) is 32.7 Å². The molecule has 1 fully saturated rings. The standard InChI is InChI=1S/C18H20F2N4/c1-12-11-21-24(14(12)3)10-8-13(2)23-9-4-5-16(23)18-15(19)6-7-17(20)22-18/h6-8,10-11,16H,2,4-5,9H2,1,3H3/b10-8-. The molecular weight excluding hydrogens is 310 g/mol. The molecule has 0 spiro atoms. The van der Waals surface area contributed by atoms with Crippen molar-refractivity contribution in [2.75, 3.05) is 6.54 Å². The first-order chi connectivity index (χ1) is 11.5. The maximum absolute atomic E-state index is 14.0. The fraction of sp³-hybridized carbons (Fsp3) is 0.333. The third-order valence-electron chi connectivity index (χ3n) is 4.47. The van der Waals surface area contributed by atoms with Gasteiger partial charge < -0.3 is 4.90 Å². The minimum Gasteiger partial charge on any atom is -0.363 e. The van der Waals surface area contributed by atoms with Gasteiger partial charge >= 0.3 is 0 Å². The molecule has 2 aromatic heterocycles. The second-order valence-corrected chi connectivity index (χ2v) is 6.02. The van der Waals surface area contributed by atoms with Gasteiger partial charge in [-0.05, 0) is 50.5 Å². The van der Waals surface area contributed by atoms with Crippen molar-refractivity contribution >= 4 is 6.20 Å². The zero-order valence-corrected chi connectivity index (χ0v) is 13.8. The first-order valence-electron chi connectivity index (χ1n) is 7.94. The van der Waals surface area contributed by atoms with Gasteiger partial charge in [-0.3, -0.25) is 0 Å². The van der Waals surface area contributed by atoms with Crippen molar-refractivity contribution in [1.82, 2.24) is 19.7 Å². The van der Waals surface area contributed by atoms with Crippen LogP contribution in [-0.4, -0.2) is 26.2 Å². The van der Waals surface area contributed by atoms with E-state index < -0.39 is 11.8 Å². The molecule has 0 bridgehead atoms. The van der Waals surface area contributed by atoms with E-state index >= 15 is 0 Å². The Hall–Kier alpha value is -2.50. The number of likely N-dealkylation sites (tertiary alicyclic amines) is 1. The Morgan fingerprint density at radius 3 is 2.83 bits per heavy atom. The lowest BCUT2D eigenvalue weighted by atomic mass is 10.1. The quantitative estimate of drug-likeness (QED) is 0.628. The van der Waals surface area contributed by atoms with Gasteiger partial charge in [0.2, 0.25) is 5.95 Å². The summed E-state index contributed by atoms with van der Waals surface area (Å²) in [5.74, 6) is -1.15. The van der Waals surface area contributed by atoms with E-state index in [9.17, 15) is 8.78 Å². The van der Waals surface area contributed by atoms with E-state index in [0.29, 0.717) is 0 Å². The van der Waals surface area contributed by atoms with Crippen LogP contribution in [0.15, 0.2) is 36.7 Å². The van der Waals surface area contributed by atoms with Crippen molar-refractivity contribution in [2.24, 2.45) is 0 Å². The molecule has 0 radical (unpaired) electrons. The van der Waals surface area contributed by atoms with Crippen LogP contribution in [0.1, 0.15) is 35.8 Å². The number of halogens is 2. The van der Waals surface area contributed by atoms with Gasteiger partial charge in [0.25, 0.3) is 0 Å². The van der Waals surface area contributed by atoms with E-state index in [1.807, 2.05) is 31.0 Å². The topological polar surface area (TPSA) is 34.0 Å². The number of aromatic nitrogens is 3. The predicted octanol–water partition coefficient (Wildman–Crippen LogP) is 3.99. The first-order valence-corrected chi connectivity index (χ1v) is 7.94. The SMILES string of the molecule is C=C(/C=C\n1ncc(C)c1C)N1CCCC1c1nc(F)ccc1F. The summed E-state index contributed by atoms with van der Waals surface area (Å²) in [6.45, 7) is 8.79. The average molecular weight is 330 g/mol. The van der Waals surface area contributed by atoms with Crippen molar-refractivity contribution in [3.8, 4) is 0 Å². The lowest BCUT2D eigenvalue weighted by Crippen LogP contribution is -2.23. The van der Waals surface area contributed by atoms with E-state index in [2.05, 4.69) is 16.7 Å². The molecule has 0 N–H and O–H groups in total. The molecule has 0 saturated carbocycles. The lowest BCUT2D eigenvalue weighted by Gasteiger charge is -2.26. The van der Waals surface area contributed by atoms with Gasteiger partial charge in [-0.2, -0.15) is 9.49 Å². The third kappa shape index (κ3) is 3.09. The Bertz CT molecular complexity index is 794. The number of hydrogen-bond donors (Lipinski definition) is 0. The molecule has 1 saturated heterocycles. The molecule has 3 heterocycles. The van der Waals surface area contributed by atoms with Crippen molar-refractivity contribution in [3.05, 3.63) is 65.4 Å². The average Bonchev–Trinajstić information content (AvgIpc) is 3.16. The third-order valence-corrected chi connectivity index (χ3v) is 4.47. The maximum atomic E-state index is 14.0. The van der Waals surface area contributed by atoms with E-state index in [1.165, 1.54) is 0 Å². The molecule has 2 aromatic rings. The molecule has 3 rings (SSSR count). The maximum Gasteiger partial charge on any atom is 0.213 e. The molecule has 24 heavy (non-hydrogen) atoms. The highest BCUT2D eigenvalue weighted by Crippen LogP contribution is 2.35. The molecule has 126 valence electrons. The highest BCUT2D eigenvalue weighted by molar-refractivity contribution is 5.35. The molecule has 0 amide bonds. The van der Waals surface area contributed by atoms with Gasteiger partial charge in [0.15, 0.2) is 0 Å². The van der Waals surface area contributed by atoms with Crippen molar-refractivity contribution in [1.29, 1.82) is 0 Å². The highest BCUT2D eigenvalue weighted by Gasteiger charge is 2.29. The molecule has 1 atom stereocenters. The summed E-state index contributed by atoms with van der Waals surface area (Å²) in [7, 11) is 0. The fourth-order valence-corrected chi connectivity index (χ4v) is 2.97. The van der Waals surface area contributed by atoms with Crippen LogP contribution in [-0.2, 0) is 0 Å². The number of pyridine rings is 1. The van der Waals surface area contributed by atoms with Crippen molar-refractivity contribution in [3.63, 3.8) is 0 Å². The summed E-state index contributed by atoms with van der Waals surface area (Å²) >= 11 is 0. The number of rotatable bonds is 4. The number of aryl methyl sites for hydroxylation is 1. The summed E-state index contributed by atoms with van der Waals surface area (Å²) in [6, 6.07) is 1.87. The Morgan fingerprint density at radius 1 is 1.33 bits per heavy atom. The first kappa shape index (κ1) is 16.4. The lowest BCUT2D eigenvalue weighted by molar-refractivity contribution is 0.319. The van der Waals surface area contributed by atoms with Gasteiger partial charge in [0.05, 0.1) is 12.2 Å². The molecule has 1 aliphatic rings. The van der Waals surface area contributed by atoms with Gasteiger partial charge in [-0.25, -0.2) is 14.1 Å². The summed E-state index contributed by atoms with van der Waals surface area (Å²) in [6.07, 6.45) is 7.08. The van der Waals surface area contributed by atoms with E-state index in [4.69, 9.17) is 0 Å². The molecule has 0 aromatic carbocycles. The van der Waals surface area contributed by atoms with Crippen molar-refractivity contribution < 1.29 is 8.78 Å². The second-order valence-electron chi connectivity index (χ2n) is 6.02. The number of allylic oxidation sites excluding steroid dienone is 1. The smallest absolute Gasteiger partial charge is 0.213 e. The van der Waals surface area contributed by atoms with Gasteiger partial charge in [-0.15, -0.1) is 0 Å². The zero-order chi connectivity index (χ0) is 17.3. The molecule has 1 aliphatic heterocycles. The highest BCUT2D eigenvalue weighted by atomic mass is 19.1. The number of nitrogens with zero attached hydrogens (tertiary/aromatic N) is 4. The monoisotopic (exact) mass is 330 g/mol. The largest absolute Gasteiger partial charge is 0.363 e. The van der Waals surface area contributed by atoms with Gasteiger partial charge in [0, 0.05) is 24.1 Å². The van der Waals surface area contributed by atoms with Crippen LogP contribution in [0.2, 0.25) is 0 Å².